The first-order valence-corrected chi connectivity index (χ1v) is 12.4. The summed E-state index contributed by atoms with van der Waals surface area (Å²) in [6.07, 6.45) is 8.22. The summed E-state index contributed by atoms with van der Waals surface area (Å²) in [4.78, 5) is 11.0. The van der Waals surface area contributed by atoms with E-state index in [-0.39, 0.29) is 6.61 Å². The molecule has 160 valence electrons. The summed E-state index contributed by atoms with van der Waals surface area (Å²) in [6, 6.07) is 0.747. The van der Waals surface area contributed by atoms with Gasteiger partial charge in [0.1, 0.15) is 6.61 Å². The Hall–Kier alpha value is -0.733. The molecule has 0 rings (SSSR count). The van der Waals surface area contributed by atoms with Crippen LogP contribution in [0.4, 0.5) is 0 Å². The maximum Gasteiger partial charge on any atom is 0.501 e. The van der Waals surface area contributed by atoms with Crippen molar-refractivity contribution in [3.63, 3.8) is 0 Å². The van der Waals surface area contributed by atoms with Gasteiger partial charge in [0.25, 0.3) is 0 Å². The molecule has 0 radical (unpaired) electrons. The molecule has 0 aromatic carbocycles. The molecule has 0 heterocycles. The fourth-order valence-corrected chi connectivity index (χ4v) is 4.84. The van der Waals surface area contributed by atoms with Crippen LogP contribution in [0, 0.1) is 0 Å². The number of ether oxygens (including phenoxy) is 2. The number of unbranched alkanes of at least 4 members (excludes halogenated alkanes) is 3. The summed E-state index contributed by atoms with van der Waals surface area (Å²) < 4.78 is 29.0. The zero-order valence-electron chi connectivity index (χ0n) is 17.6. The average molecular weight is 405 g/mol. The summed E-state index contributed by atoms with van der Waals surface area (Å²) in [5, 5.41) is 0. The summed E-state index contributed by atoms with van der Waals surface area (Å²) in [5.41, 5.74) is 0. The van der Waals surface area contributed by atoms with E-state index in [4.69, 9.17) is 22.8 Å². The second kappa shape index (κ2) is 18.6. The van der Waals surface area contributed by atoms with Crippen LogP contribution in [-0.4, -0.2) is 54.4 Å². The number of carbonyl (C=O) groups excluding carboxylic acids is 1. The Morgan fingerprint density at radius 1 is 0.778 bits per heavy atom. The van der Waals surface area contributed by atoms with Crippen LogP contribution in [0.1, 0.15) is 65.7 Å². The van der Waals surface area contributed by atoms with Crippen LogP contribution < -0.4 is 0 Å². The van der Waals surface area contributed by atoms with Crippen molar-refractivity contribution < 1.29 is 27.5 Å². The molecule has 0 aromatic rings. The van der Waals surface area contributed by atoms with E-state index in [1.165, 1.54) is 0 Å². The summed E-state index contributed by atoms with van der Waals surface area (Å²) in [7, 11) is -2.68. The van der Waals surface area contributed by atoms with Crippen molar-refractivity contribution in [2.45, 2.75) is 71.8 Å². The van der Waals surface area contributed by atoms with Crippen LogP contribution in [0.25, 0.3) is 0 Å². The van der Waals surface area contributed by atoms with Gasteiger partial charge in [0.05, 0.1) is 6.61 Å². The number of hydrogen-bond acceptors (Lipinski definition) is 6. The first kappa shape index (κ1) is 26.3. The zero-order chi connectivity index (χ0) is 20.2. The van der Waals surface area contributed by atoms with E-state index in [1.54, 1.807) is 0 Å². The highest BCUT2D eigenvalue weighted by Gasteiger charge is 2.40. The summed E-state index contributed by atoms with van der Waals surface area (Å²) in [5.74, 6) is -0.428. The number of esters is 1. The lowest BCUT2D eigenvalue weighted by molar-refractivity contribution is -0.139. The minimum atomic E-state index is -2.68. The first-order chi connectivity index (χ1) is 13.1. The molecule has 0 aliphatic rings. The van der Waals surface area contributed by atoms with E-state index in [9.17, 15) is 4.79 Å². The van der Waals surface area contributed by atoms with Crippen LogP contribution >= 0.6 is 0 Å². The number of carbonyl (C=O) groups is 1. The van der Waals surface area contributed by atoms with Gasteiger partial charge in [0.2, 0.25) is 0 Å². The molecule has 7 heteroatoms. The molecule has 0 bridgehead atoms. The molecule has 0 unspecified atom stereocenters. The fraction of sp³-hybridized carbons (Fsp3) is 0.850. The highest BCUT2D eigenvalue weighted by Crippen LogP contribution is 2.20. The topological polar surface area (TPSA) is 63.2 Å². The maximum atomic E-state index is 11.0. The zero-order valence-corrected chi connectivity index (χ0v) is 18.6. The molecule has 0 aliphatic heterocycles. The van der Waals surface area contributed by atoms with Crippen LogP contribution in [0.15, 0.2) is 12.7 Å². The Kier molecular flexibility index (Phi) is 18.1. The van der Waals surface area contributed by atoms with Gasteiger partial charge in [0, 0.05) is 38.5 Å². The predicted molar refractivity (Wildman–Crippen MR) is 110 cm³/mol. The molecule has 0 spiro atoms. The molecule has 0 N–H and O–H groups in total. The predicted octanol–water partition coefficient (Wildman–Crippen LogP) is 4.51. The van der Waals surface area contributed by atoms with Gasteiger partial charge >= 0.3 is 14.8 Å². The lowest BCUT2D eigenvalue weighted by Crippen LogP contribution is -2.46. The van der Waals surface area contributed by atoms with E-state index in [0.717, 1.165) is 57.1 Å². The molecule has 6 nitrogen and oxygen atoms in total. The van der Waals surface area contributed by atoms with Gasteiger partial charge in [0.15, 0.2) is 0 Å². The SMILES string of the molecule is C=CC(=O)OCCOCCC[Si](OCCCC)(OCCCC)OCCCC. The van der Waals surface area contributed by atoms with Gasteiger partial charge in [-0.3, -0.25) is 0 Å². The highest BCUT2D eigenvalue weighted by atomic mass is 28.4. The molecular formula is C20H40O6Si. The van der Waals surface area contributed by atoms with Crippen molar-refractivity contribution in [1.29, 1.82) is 0 Å². The minimum absolute atomic E-state index is 0.237. The third kappa shape index (κ3) is 14.9. The second-order valence-electron chi connectivity index (χ2n) is 6.38. The lowest BCUT2D eigenvalue weighted by atomic mass is 10.4. The molecule has 0 saturated heterocycles. The summed E-state index contributed by atoms with van der Waals surface area (Å²) in [6.45, 7) is 13.0. The van der Waals surface area contributed by atoms with E-state index in [0.29, 0.717) is 33.0 Å². The monoisotopic (exact) mass is 404 g/mol. The Labute approximate surface area is 166 Å². The standard InChI is InChI=1S/C20H40O6Si/c1-5-9-14-24-27(25-15-10-6-2,26-16-11-7-3)19-12-13-22-17-18-23-20(21)8-4/h8H,4-7,9-19H2,1-3H3. The number of hydrogen-bond donors (Lipinski definition) is 0. The van der Waals surface area contributed by atoms with E-state index in [1.807, 2.05) is 0 Å². The third-order valence-corrected chi connectivity index (χ3v) is 6.77. The van der Waals surface area contributed by atoms with Crippen LogP contribution in [-0.2, 0) is 27.5 Å². The van der Waals surface area contributed by atoms with Gasteiger partial charge in [-0.2, -0.15) is 0 Å². The van der Waals surface area contributed by atoms with Gasteiger partial charge in [-0.15, -0.1) is 0 Å². The lowest BCUT2D eigenvalue weighted by Gasteiger charge is -2.30. The van der Waals surface area contributed by atoms with Gasteiger partial charge in [-0.05, 0) is 25.7 Å². The van der Waals surface area contributed by atoms with Crippen molar-refractivity contribution in [2.24, 2.45) is 0 Å². The average Bonchev–Trinajstić information content (AvgIpc) is 2.67. The van der Waals surface area contributed by atoms with Crippen molar-refractivity contribution in [2.75, 3.05) is 39.6 Å². The molecule has 0 atom stereocenters. The normalized spacial score (nSPS) is 11.5. The quantitative estimate of drug-likeness (QED) is 0.129. The molecule has 0 saturated carbocycles. The molecule has 27 heavy (non-hydrogen) atoms. The largest absolute Gasteiger partial charge is 0.501 e. The van der Waals surface area contributed by atoms with E-state index in [2.05, 4.69) is 27.4 Å². The Balaban J connectivity index is 4.43. The van der Waals surface area contributed by atoms with Crippen molar-refractivity contribution >= 4 is 14.8 Å². The van der Waals surface area contributed by atoms with E-state index >= 15 is 0 Å². The summed E-state index contributed by atoms with van der Waals surface area (Å²) >= 11 is 0. The van der Waals surface area contributed by atoms with Crippen LogP contribution in [0.2, 0.25) is 6.04 Å². The van der Waals surface area contributed by atoms with Crippen LogP contribution in [0.5, 0.6) is 0 Å². The molecule has 0 aromatic heterocycles. The third-order valence-electron chi connectivity index (χ3n) is 3.87. The molecule has 0 amide bonds. The Bertz CT molecular complexity index is 338. The fourth-order valence-electron chi connectivity index (χ4n) is 2.21. The van der Waals surface area contributed by atoms with Crippen molar-refractivity contribution in [3.8, 4) is 0 Å². The van der Waals surface area contributed by atoms with Gasteiger partial charge in [-0.25, -0.2) is 4.79 Å². The Morgan fingerprint density at radius 2 is 1.30 bits per heavy atom. The van der Waals surface area contributed by atoms with Gasteiger partial charge in [-0.1, -0.05) is 46.6 Å². The van der Waals surface area contributed by atoms with Crippen LogP contribution in [0.3, 0.4) is 0 Å². The minimum Gasteiger partial charge on any atom is -0.460 e. The highest BCUT2D eigenvalue weighted by molar-refractivity contribution is 6.60. The Morgan fingerprint density at radius 3 is 1.74 bits per heavy atom. The first-order valence-electron chi connectivity index (χ1n) is 10.4. The second-order valence-corrected chi connectivity index (χ2v) is 9.11. The maximum absolute atomic E-state index is 11.0. The van der Waals surface area contributed by atoms with Crippen molar-refractivity contribution in [1.82, 2.24) is 0 Å². The number of rotatable bonds is 20. The smallest absolute Gasteiger partial charge is 0.460 e. The molecule has 0 fully saturated rings. The molecule has 0 aliphatic carbocycles. The van der Waals surface area contributed by atoms with E-state index < -0.39 is 14.8 Å². The van der Waals surface area contributed by atoms with Gasteiger partial charge < -0.3 is 22.8 Å². The molecular weight excluding hydrogens is 364 g/mol. The van der Waals surface area contributed by atoms with Crippen molar-refractivity contribution in [3.05, 3.63) is 12.7 Å².